The number of carboxylic acid groups (broad SMARTS) is 1. The molecule has 1 aliphatic rings. The van der Waals surface area contributed by atoms with Crippen molar-refractivity contribution in [1.29, 1.82) is 0 Å². The average molecular weight is 200 g/mol. The Balaban J connectivity index is 2.15. The summed E-state index contributed by atoms with van der Waals surface area (Å²) < 4.78 is 0. The van der Waals surface area contributed by atoms with Crippen molar-refractivity contribution in [2.24, 2.45) is 5.92 Å². The molecular formula is C13H12O2. The molecule has 0 radical (unpaired) electrons. The third kappa shape index (κ3) is 2.15. The maximum absolute atomic E-state index is 10.7. The maximum Gasteiger partial charge on any atom is 0.314 e. The van der Waals surface area contributed by atoms with Crippen LogP contribution in [0.25, 0.3) is 0 Å². The molecule has 2 nitrogen and oxygen atoms in total. The van der Waals surface area contributed by atoms with Gasteiger partial charge in [0.25, 0.3) is 0 Å². The molecule has 0 fully saturated rings. The number of rotatable bonds is 2. The first-order valence-electron chi connectivity index (χ1n) is 4.92. The Morgan fingerprint density at radius 1 is 1.00 bits per heavy atom. The second kappa shape index (κ2) is 4.13. The summed E-state index contributed by atoms with van der Waals surface area (Å²) in [7, 11) is 0. The standard InChI is InChI=1S/C13H12O2/c14-13(15)12-8-6-11(7-9-12)10-4-2-1-3-5-10/h1-9,11-12H,(H,14,15)/t11-,12-. The molecular weight excluding hydrogens is 188 g/mol. The first-order chi connectivity index (χ1) is 7.27. The van der Waals surface area contributed by atoms with Gasteiger partial charge in [-0.05, 0) is 5.56 Å². The third-order valence-electron chi connectivity index (χ3n) is 2.52. The molecule has 1 aromatic carbocycles. The van der Waals surface area contributed by atoms with Crippen LogP contribution in [0.2, 0.25) is 0 Å². The number of hydrogen-bond donors (Lipinski definition) is 1. The normalized spacial score (nSPS) is 24.0. The molecule has 1 aromatic rings. The minimum atomic E-state index is -0.797. The van der Waals surface area contributed by atoms with Gasteiger partial charge in [0.15, 0.2) is 0 Å². The van der Waals surface area contributed by atoms with Gasteiger partial charge >= 0.3 is 5.97 Å². The summed E-state index contributed by atoms with van der Waals surface area (Å²) in [5, 5.41) is 8.79. The Bertz CT molecular complexity index is 390. The minimum absolute atomic E-state index is 0.210. The van der Waals surface area contributed by atoms with Gasteiger partial charge in [-0.3, -0.25) is 4.79 Å². The molecule has 76 valence electrons. The van der Waals surface area contributed by atoms with E-state index in [0.29, 0.717) is 0 Å². The molecule has 2 rings (SSSR count). The summed E-state index contributed by atoms with van der Waals surface area (Å²) in [6.45, 7) is 0. The van der Waals surface area contributed by atoms with Crippen molar-refractivity contribution in [2.75, 3.05) is 0 Å². The highest BCUT2D eigenvalue weighted by Gasteiger charge is 2.15. The highest BCUT2D eigenvalue weighted by molar-refractivity contribution is 5.75. The summed E-state index contributed by atoms with van der Waals surface area (Å²) in [5.41, 5.74) is 1.19. The van der Waals surface area contributed by atoms with Gasteiger partial charge in [0.2, 0.25) is 0 Å². The topological polar surface area (TPSA) is 37.3 Å². The zero-order chi connectivity index (χ0) is 10.7. The molecule has 1 aliphatic carbocycles. The van der Waals surface area contributed by atoms with Crippen LogP contribution in [0, 0.1) is 5.92 Å². The highest BCUT2D eigenvalue weighted by Crippen LogP contribution is 2.24. The van der Waals surface area contributed by atoms with Crippen molar-refractivity contribution in [2.45, 2.75) is 5.92 Å². The van der Waals surface area contributed by atoms with Crippen LogP contribution in [-0.4, -0.2) is 11.1 Å². The average Bonchev–Trinajstić information content (AvgIpc) is 2.30. The SMILES string of the molecule is O=C(O)[C@H]1C=C[C@H](c2ccccc2)C=C1. The maximum atomic E-state index is 10.7. The largest absolute Gasteiger partial charge is 0.481 e. The lowest BCUT2D eigenvalue weighted by atomic mass is 9.91. The second-order valence-electron chi connectivity index (χ2n) is 3.57. The van der Waals surface area contributed by atoms with E-state index < -0.39 is 11.9 Å². The van der Waals surface area contributed by atoms with Crippen molar-refractivity contribution in [3.63, 3.8) is 0 Å². The van der Waals surface area contributed by atoms with E-state index in [9.17, 15) is 4.79 Å². The van der Waals surface area contributed by atoms with Gasteiger partial charge in [-0.2, -0.15) is 0 Å². The third-order valence-corrected chi connectivity index (χ3v) is 2.52. The Hall–Kier alpha value is -1.83. The Labute approximate surface area is 88.6 Å². The van der Waals surface area contributed by atoms with Crippen LogP contribution in [0.4, 0.5) is 0 Å². The molecule has 1 N–H and O–H groups in total. The molecule has 0 atom stereocenters. The van der Waals surface area contributed by atoms with E-state index in [2.05, 4.69) is 0 Å². The molecule has 0 saturated carbocycles. The van der Waals surface area contributed by atoms with Crippen LogP contribution in [0.3, 0.4) is 0 Å². The number of allylic oxidation sites excluding steroid dienone is 2. The molecule has 0 saturated heterocycles. The Morgan fingerprint density at radius 3 is 2.13 bits per heavy atom. The van der Waals surface area contributed by atoms with E-state index >= 15 is 0 Å². The van der Waals surface area contributed by atoms with E-state index in [-0.39, 0.29) is 5.92 Å². The fraction of sp³-hybridized carbons (Fsp3) is 0.154. The molecule has 2 heteroatoms. The molecule has 0 heterocycles. The van der Waals surface area contributed by atoms with Gasteiger partial charge in [0.05, 0.1) is 5.92 Å². The van der Waals surface area contributed by atoms with E-state index in [1.165, 1.54) is 5.56 Å². The fourth-order valence-electron chi connectivity index (χ4n) is 1.67. The molecule has 0 amide bonds. The highest BCUT2D eigenvalue weighted by atomic mass is 16.4. The lowest BCUT2D eigenvalue weighted by Crippen LogP contribution is -2.11. The lowest BCUT2D eigenvalue weighted by Gasteiger charge is -2.14. The molecule has 0 bridgehead atoms. The number of carboxylic acids is 1. The van der Waals surface area contributed by atoms with Gasteiger partial charge in [-0.25, -0.2) is 0 Å². The number of aliphatic carboxylic acids is 1. The summed E-state index contributed by atoms with van der Waals surface area (Å²) in [6.07, 6.45) is 7.35. The van der Waals surface area contributed by atoms with Gasteiger partial charge < -0.3 is 5.11 Å². The summed E-state index contributed by atoms with van der Waals surface area (Å²) in [6, 6.07) is 10.0. The predicted octanol–water partition coefficient (Wildman–Crippen LogP) is 2.60. The van der Waals surface area contributed by atoms with Crippen LogP contribution in [0.1, 0.15) is 11.5 Å². The monoisotopic (exact) mass is 200 g/mol. The summed E-state index contributed by atoms with van der Waals surface area (Å²) >= 11 is 0. The number of benzene rings is 1. The Morgan fingerprint density at radius 2 is 1.60 bits per heavy atom. The van der Waals surface area contributed by atoms with Crippen molar-refractivity contribution in [1.82, 2.24) is 0 Å². The summed E-state index contributed by atoms with van der Waals surface area (Å²) in [5.74, 6) is -1.05. The van der Waals surface area contributed by atoms with Crippen molar-refractivity contribution in [3.05, 3.63) is 60.2 Å². The fourth-order valence-corrected chi connectivity index (χ4v) is 1.67. The minimum Gasteiger partial charge on any atom is -0.481 e. The van der Waals surface area contributed by atoms with Crippen LogP contribution in [0.5, 0.6) is 0 Å². The number of carbonyl (C=O) groups is 1. The quantitative estimate of drug-likeness (QED) is 0.745. The first-order valence-corrected chi connectivity index (χ1v) is 4.92. The molecule has 15 heavy (non-hydrogen) atoms. The van der Waals surface area contributed by atoms with Crippen LogP contribution in [0.15, 0.2) is 54.6 Å². The lowest BCUT2D eigenvalue weighted by molar-refractivity contribution is -0.138. The Kier molecular flexibility index (Phi) is 2.68. The van der Waals surface area contributed by atoms with Crippen LogP contribution >= 0.6 is 0 Å². The van der Waals surface area contributed by atoms with E-state index in [1.807, 2.05) is 42.5 Å². The first kappa shape index (κ1) is 9.71. The second-order valence-corrected chi connectivity index (χ2v) is 3.57. The number of hydrogen-bond acceptors (Lipinski definition) is 1. The van der Waals surface area contributed by atoms with E-state index in [1.54, 1.807) is 12.2 Å². The van der Waals surface area contributed by atoms with Gasteiger partial charge in [-0.1, -0.05) is 54.6 Å². The van der Waals surface area contributed by atoms with Crippen LogP contribution in [-0.2, 0) is 4.79 Å². The summed E-state index contributed by atoms with van der Waals surface area (Å²) in [4.78, 5) is 10.7. The van der Waals surface area contributed by atoms with Crippen molar-refractivity contribution in [3.8, 4) is 0 Å². The van der Waals surface area contributed by atoms with E-state index in [0.717, 1.165) is 0 Å². The predicted molar refractivity (Wildman–Crippen MR) is 58.6 cm³/mol. The van der Waals surface area contributed by atoms with Crippen molar-refractivity contribution < 1.29 is 9.90 Å². The zero-order valence-electron chi connectivity index (χ0n) is 8.21. The van der Waals surface area contributed by atoms with Crippen LogP contribution < -0.4 is 0 Å². The van der Waals surface area contributed by atoms with Crippen molar-refractivity contribution >= 4 is 5.97 Å². The molecule has 0 aromatic heterocycles. The molecule has 0 spiro atoms. The molecule has 0 aliphatic heterocycles. The smallest absolute Gasteiger partial charge is 0.314 e. The van der Waals surface area contributed by atoms with E-state index in [4.69, 9.17) is 5.11 Å². The van der Waals surface area contributed by atoms with Gasteiger partial charge in [0, 0.05) is 5.92 Å². The molecule has 0 unspecified atom stereocenters. The van der Waals surface area contributed by atoms with Gasteiger partial charge in [0.1, 0.15) is 0 Å². The van der Waals surface area contributed by atoms with Gasteiger partial charge in [-0.15, -0.1) is 0 Å². The zero-order valence-corrected chi connectivity index (χ0v) is 8.21.